The van der Waals surface area contributed by atoms with Gasteiger partial charge in [0.25, 0.3) is 0 Å². The molecule has 0 fully saturated rings. The molecule has 0 bridgehead atoms. The number of nitrogens with one attached hydrogen (secondary N) is 2. The van der Waals surface area contributed by atoms with Crippen LogP contribution < -0.4 is 5.73 Å². The second kappa shape index (κ2) is 4.72. The average molecular weight is 275 g/mol. The van der Waals surface area contributed by atoms with Gasteiger partial charge >= 0.3 is 0 Å². The molecular weight excluding hydrogens is 260 g/mol. The van der Waals surface area contributed by atoms with E-state index < -0.39 is 0 Å². The third kappa shape index (κ3) is 2.13. The molecule has 0 aliphatic rings. The third-order valence-corrected chi connectivity index (χ3v) is 3.60. The SMILES string of the molecule is Cc1cc(C(CN)c2c[nH]c3ccc(Cl)cc23)n[nH]1. The Labute approximate surface area is 116 Å². The summed E-state index contributed by atoms with van der Waals surface area (Å²) in [6, 6.07) is 7.84. The molecule has 0 aliphatic heterocycles. The van der Waals surface area contributed by atoms with Crippen molar-refractivity contribution in [2.75, 3.05) is 6.54 Å². The highest BCUT2D eigenvalue weighted by Crippen LogP contribution is 2.31. The molecule has 0 aliphatic carbocycles. The van der Waals surface area contributed by atoms with Gasteiger partial charge in [-0.1, -0.05) is 11.6 Å². The van der Waals surface area contributed by atoms with Crippen LogP contribution in [-0.2, 0) is 0 Å². The number of benzene rings is 1. The van der Waals surface area contributed by atoms with Crippen LogP contribution in [0.2, 0.25) is 5.02 Å². The van der Waals surface area contributed by atoms with Crippen LogP contribution >= 0.6 is 11.6 Å². The van der Waals surface area contributed by atoms with E-state index in [2.05, 4.69) is 15.2 Å². The zero-order valence-electron chi connectivity index (χ0n) is 10.6. The van der Waals surface area contributed by atoms with Crippen LogP contribution in [-0.4, -0.2) is 21.7 Å². The molecule has 3 rings (SSSR count). The first kappa shape index (κ1) is 12.3. The largest absolute Gasteiger partial charge is 0.361 e. The van der Waals surface area contributed by atoms with Crippen molar-refractivity contribution in [1.82, 2.24) is 15.2 Å². The monoisotopic (exact) mass is 274 g/mol. The highest BCUT2D eigenvalue weighted by molar-refractivity contribution is 6.31. The number of hydrogen-bond acceptors (Lipinski definition) is 2. The van der Waals surface area contributed by atoms with Crippen LogP contribution in [0, 0.1) is 6.92 Å². The van der Waals surface area contributed by atoms with E-state index >= 15 is 0 Å². The number of halogens is 1. The maximum Gasteiger partial charge on any atom is 0.0713 e. The van der Waals surface area contributed by atoms with Gasteiger partial charge in [0, 0.05) is 40.3 Å². The summed E-state index contributed by atoms with van der Waals surface area (Å²) in [7, 11) is 0. The van der Waals surface area contributed by atoms with Crippen molar-refractivity contribution in [1.29, 1.82) is 0 Å². The third-order valence-electron chi connectivity index (χ3n) is 3.37. The zero-order valence-corrected chi connectivity index (χ0v) is 11.3. The van der Waals surface area contributed by atoms with E-state index in [0.717, 1.165) is 32.9 Å². The summed E-state index contributed by atoms with van der Waals surface area (Å²) >= 11 is 6.08. The van der Waals surface area contributed by atoms with E-state index in [1.807, 2.05) is 37.4 Å². The minimum Gasteiger partial charge on any atom is -0.361 e. The van der Waals surface area contributed by atoms with Crippen molar-refractivity contribution >= 4 is 22.5 Å². The predicted molar refractivity (Wildman–Crippen MR) is 77.5 cm³/mol. The van der Waals surface area contributed by atoms with Gasteiger partial charge in [0.15, 0.2) is 0 Å². The number of nitrogens with two attached hydrogens (primary N) is 1. The summed E-state index contributed by atoms with van der Waals surface area (Å²) in [6.45, 7) is 2.49. The molecule has 2 heterocycles. The Kier molecular flexibility index (Phi) is 3.05. The van der Waals surface area contributed by atoms with Gasteiger partial charge in [-0.3, -0.25) is 5.10 Å². The molecule has 1 aromatic carbocycles. The van der Waals surface area contributed by atoms with Crippen molar-refractivity contribution in [2.24, 2.45) is 5.73 Å². The molecule has 1 unspecified atom stereocenters. The lowest BCUT2D eigenvalue weighted by molar-refractivity contribution is 0.784. The lowest BCUT2D eigenvalue weighted by Gasteiger charge is -2.11. The number of rotatable bonds is 3. The lowest BCUT2D eigenvalue weighted by Crippen LogP contribution is -2.14. The highest BCUT2D eigenvalue weighted by Gasteiger charge is 2.19. The Hall–Kier alpha value is -1.78. The molecule has 5 heteroatoms. The second-order valence-electron chi connectivity index (χ2n) is 4.70. The summed E-state index contributed by atoms with van der Waals surface area (Å²) < 4.78 is 0. The van der Waals surface area contributed by atoms with E-state index in [1.165, 1.54) is 0 Å². The summed E-state index contributed by atoms with van der Waals surface area (Å²) in [6.07, 6.45) is 1.99. The number of hydrogen-bond donors (Lipinski definition) is 3. The topological polar surface area (TPSA) is 70.5 Å². The van der Waals surface area contributed by atoms with E-state index in [4.69, 9.17) is 17.3 Å². The van der Waals surface area contributed by atoms with Crippen LogP contribution in [0.25, 0.3) is 10.9 Å². The standard InChI is InChI=1S/C14H15ClN4/c1-8-4-14(19-18-8)11(6-16)12-7-17-13-3-2-9(15)5-10(12)13/h2-5,7,11,17H,6,16H2,1H3,(H,18,19). The van der Waals surface area contributed by atoms with Crippen LogP contribution in [0.3, 0.4) is 0 Å². The fourth-order valence-electron chi connectivity index (χ4n) is 2.43. The fourth-order valence-corrected chi connectivity index (χ4v) is 2.60. The molecule has 2 aromatic heterocycles. The Morgan fingerprint density at radius 3 is 2.89 bits per heavy atom. The maximum absolute atomic E-state index is 6.08. The minimum absolute atomic E-state index is 0.0668. The maximum atomic E-state index is 6.08. The van der Waals surface area contributed by atoms with Gasteiger partial charge in [0.1, 0.15) is 0 Å². The van der Waals surface area contributed by atoms with Crippen LogP contribution in [0.1, 0.15) is 22.9 Å². The fraction of sp³-hybridized carbons (Fsp3) is 0.214. The van der Waals surface area contributed by atoms with Crippen LogP contribution in [0.15, 0.2) is 30.5 Å². The van der Waals surface area contributed by atoms with E-state index in [0.29, 0.717) is 6.54 Å². The molecular formula is C14H15ClN4. The molecule has 98 valence electrons. The number of fused-ring (bicyclic) bond motifs is 1. The number of aromatic amines is 2. The predicted octanol–water partition coefficient (Wildman–Crippen LogP) is 2.94. The van der Waals surface area contributed by atoms with Crippen molar-refractivity contribution < 1.29 is 0 Å². The van der Waals surface area contributed by atoms with Crippen molar-refractivity contribution in [2.45, 2.75) is 12.8 Å². The minimum atomic E-state index is 0.0668. The van der Waals surface area contributed by atoms with Gasteiger partial charge in [-0.15, -0.1) is 0 Å². The first-order valence-electron chi connectivity index (χ1n) is 6.17. The molecule has 3 aromatic rings. The van der Waals surface area contributed by atoms with Gasteiger partial charge in [0.05, 0.1) is 5.69 Å². The Balaban J connectivity index is 2.13. The quantitative estimate of drug-likeness (QED) is 0.687. The van der Waals surface area contributed by atoms with E-state index in [9.17, 15) is 0 Å². The number of aromatic nitrogens is 3. The van der Waals surface area contributed by atoms with E-state index in [1.54, 1.807) is 0 Å². The molecule has 19 heavy (non-hydrogen) atoms. The molecule has 0 radical (unpaired) electrons. The van der Waals surface area contributed by atoms with Gasteiger partial charge in [0.2, 0.25) is 0 Å². The molecule has 0 amide bonds. The highest BCUT2D eigenvalue weighted by atomic mass is 35.5. The van der Waals surface area contributed by atoms with Gasteiger partial charge < -0.3 is 10.7 Å². The Bertz CT molecular complexity index is 713. The number of aryl methyl sites for hydroxylation is 1. The van der Waals surface area contributed by atoms with Crippen molar-refractivity contribution in [3.05, 3.63) is 52.4 Å². The molecule has 4 N–H and O–H groups in total. The first-order valence-corrected chi connectivity index (χ1v) is 6.55. The molecule has 4 nitrogen and oxygen atoms in total. The Morgan fingerprint density at radius 2 is 2.21 bits per heavy atom. The Morgan fingerprint density at radius 1 is 1.37 bits per heavy atom. The molecule has 1 atom stereocenters. The van der Waals surface area contributed by atoms with Crippen molar-refractivity contribution in [3.8, 4) is 0 Å². The lowest BCUT2D eigenvalue weighted by atomic mass is 9.95. The smallest absolute Gasteiger partial charge is 0.0713 e. The van der Waals surface area contributed by atoms with Crippen molar-refractivity contribution in [3.63, 3.8) is 0 Å². The number of H-pyrrole nitrogens is 2. The van der Waals surface area contributed by atoms with Gasteiger partial charge in [-0.25, -0.2) is 0 Å². The second-order valence-corrected chi connectivity index (χ2v) is 5.13. The molecule has 0 saturated carbocycles. The van der Waals surface area contributed by atoms with Crippen LogP contribution in [0.5, 0.6) is 0 Å². The summed E-state index contributed by atoms with van der Waals surface area (Å²) in [5.41, 5.74) is 10.1. The average Bonchev–Trinajstić information content (AvgIpc) is 2.98. The van der Waals surface area contributed by atoms with E-state index in [-0.39, 0.29) is 5.92 Å². The zero-order chi connectivity index (χ0) is 13.4. The normalized spacial score (nSPS) is 13.0. The summed E-state index contributed by atoms with van der Waals surface area (Å²) in [5, 5.41) is 9.11. The molecule has 0 saturated heterocycles. The van der Waals surface area contributed by atoms with Crippen LogP contribution in [0.4, 0.5) is 0 Å². The number of nitrogens with zero attached hydrogens (tertiary/aromatic N) is 1. The first-order chi connectivity index (χ1) is 9.19. The summed E-state index contributed by atoms with van der Waals surface area (Å²) in [5.74, 6) is 0.0668. The van der Waals surface area contributed by atoms with Gasteiger partial charge in [-0.2, -0.15) is 5.10 Å². The summed E-state index contributed by atoms with van der Waals surface area (Å²) in [4.78, 5) is 3.25. The van der Waals surface area contributed by atoms with Gasteiger partial charge in [-0.05, 0) is 36.8 Å². The molecule has 0 spiro atoms.